The van der Waals surface area contributed by atoms with Gasteiger partial charge in [0.1, 0.15) is 5.82 Å². The number of rotatable bonds is 7. The molecule has 0 aliphatic carbocycles. The summed E-state index contributed by atoms with van der Waals surface area (Å²) in [7, 11) is 4.00. The maximum atomic E-state index is 13.4. The number of benzene rings is 1. The number of amidine groups is 1. The van der Waals surface area contributed by atoms with E-state index in [1.54, 1.807) is 6.07 Å². The molecule has 0 aliphatic rings. The van der Waals surface area contributed by atoms with E-state index in [-0.39, 0.29) is 5.84 Å². The zero-order valence-corrected chi connectivity index (χ0v) is 12.3. The van der Waals surface area contributed by atoms with Gasteiger partial charge < -0.3 is 20.7 Å². The van der Waals surface area contributed by atoms with Crippen molar-refractivity contribution in [2.45, 2.75) is 13.3 Å². The van der Waals surface area contributed by atoms with Crippen LogP contribution in [0.1, 0.15) is 18.9 Å². The summed E-state index contributed by atoms with van der Waals surface area (Å²) < 4.78 is 13.4. The van der Waals surface area contributed by atoms with Gasteiger partial charge in [-0.2, -0.15) is 0 Å². The number of nitrogens with two attached hydrogens (primary N) is 1. The normalized spacial score (nSPS) is 11.9. The number of oxime groups is 1. The van der Waals surface area contributed by atoms with Crippen LogP contribution in [-0.4, -0.2) is 49.7 Å². The van der Waals surface area contributed by atoms with E-state index >= 15 is 0 Å². The second kappa shape index (κ2) is 7.69. The van der Waals surface area contributed by atoms with Crippen molar-refractivity contribution in [1.29, 1.82) is 0 Å². The number of hydrogen-bond acceptors (Lipinski definition) is 4. The van der Waals surface area contributed by atoms with Crippen LogP contribution in [0.5, 0.6) is 0 Å². The number of halogens is 1. The van der Waals surface area contributed by atoms with Gasteiger partial charge in [0.05, 0.1) is 0 Å². The first kappa shape index (κ1) is 16.2. The molecule has 1 rings (SSSR count). The van der Waals surface area contributed by atoms with Crippen LogP contribution in [0.25, 0.3) is 0 Å². The lowest BCUT2D eigenvalue weighted by Crippen LogP contribution is -2.34. The first-order chi connectivity index (χ1) is 9.49. The van der Waals surface area contributed by atoms with E-state index in [0.29, 0.717) is 5.56 Å². The number of anilines is 1. The van der Waals surface area contributed by atoms with Gasteiger partial charge in [-0.3, -0.25) is 0 Å². The molecule has 0 heterocycles. The highest BCUT2D eigenvalue weighted by Crippen LogP contribution is 2.22. The molecule has 0 atom stereocenters. The van der Waals surface area contributed by atoms with Crippen molar-refractivity contribution >= 4 is 11.5 Å². The van der Waals surface area contributed by atoms with Crippen molar-refractivity contribution in [3.8, 4) is 0 Å². The molecule has 0 aliphatic heterocycles. The van der Waals surface area contributed by atoms with Crippen LogP contribution < -0.4 is 10.6 Å². The third-order valence-corrected chi connectivity index (χ3v) is 2.99. The first-order valence-corrected chi connectivity index (χ1v) is 6.66. The zero-order valence-electron chi connectivity index (χ0n) is 12.3. The second-order valence-corrected chi connectivity index (χ2v) is 4.94. The highest BCUT2D eigenvalue weighted by Gasteiger charge is 2.14. The summed E-state index contributed by atoms with van der Waals surface area (Å²) in [5.41, 5.74) is 6.85. The third kappa shape index (κ3) is 4.38. The lowest BCUT2D eigenvalue weighted by molar-refractivity contribution is 0.318. The van der Waals surface area contributed by atoms with Gasteiger partial charge in [0.2, 0.25) is 0 Å². The predicted octanol–water partition coefficient (Wildman–Crippen LogP) is 1.70. The number of hydrogen-bond donors (Lipinski definition) is 2. The third-order valence-electron chi connectivity index (χ3n) is 2.99. The Morgan fingerprint density at radius 3 is 2.55 bits per heavy atom. The van der Waals surface area contributed by atoms with Gasteiger partial charge in [0.25, 0.3) is 0 Å². The van der Waals surface area contributed by atoms with Crippen LogP contribution >= 0.6 is 0 Å². The average molecular weight is 282 g/mol. The van der Waals surface area contributed by atoms with Gasteiger partial charge in [0, 0.05) is 30.9 Å². The number of likely N-dealkylation sites (N-methyl/N-ethyl adjacent to an activating group) is 1. The van der Waals surface area contributed by atoms with Crippen molar-refractivity contribution in [2.24, 2.45) is 10.9 Å². The summed E-state index contributed by atoms with van der Waals surface area (Å²) in [6.45, 7) is 4.56. The van der Waals surface area contributed by atoms with Crippen LogP contribution in [0.2, 0.25) is 0 Å². The molecule has 6 heteroatoms. The summed E-state index contributed by atoms with van der Waals surface area (Å²) in [5, 5.41) is 11.8. The van der Waals surface area contributed by atoms with Crippen LogP contribution in [0.3, 0.4) is 0 Å². The van der Waals surface area contributed by atoms with E-state index < -0.39 is 5.82 Å². The molecule has 1 aromatic rings. The predicted molar refractivity (Wildman–Crippen MR) is 80.0 cm³/mol. The molecule has 3 N–H and O–H groups in total. The van der Waals surface area contributed by atoms with Gasteiger partial charge >= 0.3 is 0 Å². The lowest BCUT2D eigenvalue weighted by Gasteiger charge is -2.27. The molecule has 20 heavy (non-hydrogen) atoms. The first-order valence-electron chi connectivity index (χ1n) is 6.66. The minimum atomic E-state index is -0.403. The van der Waals surface area contributed by atoms with E-state index in [1.165, 1.54) is 12.1 Å². The highest BCUT2D eigenvalue weighted by atomic mass is 19.1. The molecule has 0 aromatic heterocycles. The van der Waals surface area contributed by atoms with E-state index in [9.17, 15) is 4.39 Å². The molecule has 0 fully saturated rings. The van der Waals surface area contributed by atoms with Gasteiger partial charge in [0.15, 0.2) is 5.84 Å². The molecule has 1 aromatic carbocycles. The van der Waals surface area contributed by atoms with E-state index in [0.717, 1.165) is 31.7 Å². The Labute approximate surface area is 119 Å². The van der Waals surface area contributed by atoms with Crippen LogP contribution in [0.4, 0.5) is 10.1 Å². The van der Waals surface area contributed by atoms with Crippen LogP contribution in [0, 0.1) is 5.82 Å². The quantitative estimate of drug-likeness (QED) is 0.346. The molecular formula is C14H23FN4O. The molecule has 0 spiro atoms. The average Bonchev–Trinajstić information content (AvgIpc) is 2.42. The summed E-state index contributed by atoms with van der Waals surface area (Å²) in [6.07, 6.45) is 0.959. The molecule has 0 unspecified atom stereocenters. The monoisotopic (exact) mass is 282 g/mol. The van der Waals surface area contributed by atoms with Crippen molar-refractivity contribution in [1.82, 2.24) is 4.90 Å². The highest BCUT2D eigenvalue weighted by molar-refractivity contribution is 6.02. The topological polar surface area (TPSA) is 65.1 Å². The van der Waals surface area contributed by atoms with Gasteiger partial charge in [-0.1, -0.05) is 12.1 Å². The zero-order chi connectivity index (χ0) is 15.1. The standard InChI is InChI=1S/C14H23FN4O/c1-4-7-19(9-8-18(2)3)13-6-5-11(15)10-12(13)14(16)17-20/h5-6,10,20H,4,7-9H2,1-3H3,(H2,16,17). The van der Waals surface area contributed by atoms with Gasteiger partial charge in [-0.05, 0) is 38.7 Å². The number of nitrogens with zero attached hydrogens (tertiary/aromatic N) is 3. The van der Waals surface area contributed by atoms with Crippen molar-refractivity contribution < 1.29 is 9.60 Å². The Morgan fingerprint density at radius 1 is 1.30 bits per heavy atom. The summed E-state index contributed by atoms with van der Waals surface area (Å²) in [6, 6.07) is 4.36. The Hall–Kier alpha value is -1.82. The van der Waals surface area contributed by atoms with E-state index in [2.05, 4.69) is 21.9 Å². The van der Waals surface area contributed by atoms with Gasteiger partial charge in [-0.15, -0.1) is 0 Å². The fourth-order valence-corrected chi connectivity index (χ4v) is 1.99. The minimum Gasteiger partial charge on any atom is -0.409 e. The minimum absolute atomic E-state index is 0.0783. The Morgan fingerprint density at radius 2 is 2.00 bits per heavy atom. The van der Waals surface area contributed by atoms with E-state index in [1.807, 2.05) is 14.1 Å². The SMILES string of the molecule is CCCN(CCN(C)C)c1ccc(F)cc1C(N)=NO. The summed E-state index contributed by atoms with van der Waals surface area (Å²) >= 11 is 0. The Kier molecular flexibility index (Phi) is 6.24. The molecule has 112 valence electrons. The van der Waals surface area contributed by atoms with Crippen molar-refractivity contribution in [2.75, 3.05) is 38.6 Å². The fourth-order valence-electron chi connectivity index (χ4n) is 1.99. The Bertz CT molecular complexity index is 462. The van der Waals surface area contributed by atoms with E-state index in [4.69, 9.17) is 10.9 Å². The molecule has 0 amide bonds. The van der Waals surface area contributed by atoms with Gasteiger partial charge in [-0.25, -0.2) is 4.39 Å². The van der Waals surface area contributed by atoms with Crippen molar-refractivity contribution in [3.05, 3.63) is 29.6 Å². The summed E-state index contributed by atoms with van der Waals surface area (Å²) in [4.78, 5) is 4.20. The lowest BCUT2D eigenvalue weighted by atomic mass is 10.1. The molecule has 0 saturated carbocycles. The second-order valence-electron chi connectivity index (χ2n) is 4.94. The molecule has 0 radical (unpaired) electrons. The van der Waals surface area contributed by atoms with Crippen LogP contribution in [0.15, 0.2) is 23.4 Å². The fraction of sp³-hybridized carbons (Fsp3) is 0.500. The molecule has 0 saturated heterocycles. The molecule has 0 bridgehead atoms. The molecule has 5 nitrogen and oxygen atoms in total. The Balaban J connectivity index is 3.11. The van der Waals surface area contributed by atoms with Crippen molar-refractivity contribution in [3.63, 3.8) is 0 Å². The smallest absolute Gasteiger partial charge is 0.172 e. The maximum Gasteiger partial charge on any atom is 0.172 e. The van der Waals surface area contributed by atoms with Crippen LogP contribution in [-0.2, 0) is 0 Å². The molecular weight excluding hydrogens is 259 g/mol. The summed E-state index contributed by atoms with van der Waals surface area (Å²) in [5.74, 6) is -0.482. The maximum absolute atomic E-state index is 13.4. The largest absolute Gasteiger partial charge is 0.409 e.